The van der Waals surface area contributed by atoms with Gasteiger partial charge in [-0.3, -0.25) is 15.0 Å². The molecule has 0 saturated carbocycles. The van der Waals surface area contributed by atoms with Gasteiger partial charge in [-0.05, 0) is 17.0 Å². The zero-order valence-electron chi connectivity index (χ0n) is 16.1. The molecule has 8 heteroatoms. The molecule has 1 aliphatic heterocycles. The lowest BCUT2D eigenvalue weighted by molar-refractivity contribution is -0.385. The first-order valence-corrected chi connectivity index (χ1v) is 10.8. The molecule has 0 N–H and O–H groups in total. The largest absolute Gasteiger partial charge is 0.296 e. The predicted octanol–water partition coefficient (Wildman–Crippen LogP) is 3.22. The molecule has 0 bridgehead atoms. The fraction of sp³-hybridized carbons (Fsp3) is 0.400. The lowest BCUT2D eigenvalue weighted by Crippen LogP contribution is -2.48. The Hall–Kier alpha value is -2.29. The minimum Gasteiger partial charge on any atom is -0.296 e. The molecule has 7 nitrogen and oxygen atoms in total. The quantitative estimate of drug-likeness (QED) is 0.546. The highest BCUT2D eigenvalue weighted by Crippen LogP contribution is 2.30. The predicted molar refractivity (Wildman–Crippen MR) is 108 cm³/mol. The average molecular weight is 404 g/mol. The third-order valence-electron chi connectivity index (χ3n) is 5.03. The van der Waals surface area contributed by atoms with E-state index in [1.165, 1.54) is 22.0 Å². The van der Waals surface area contributed by atoms with Crippen LogP contribution in [0.5, 0.6) is 0 Å². The highest BCUT2D eigenvalue weighted by molar-refractivity contribution is 7.89. The summed E-state index contributed by atoms with van der Waals surface area (Å²) in [7, 11) is -3.79. The minimum atomic E-state index is -3.79. The van der Waals surface area contributed by atoms with Crippen LogP contribution in [0.1, 0.15) is 30.9 Å². The number of nitro groups is 1. The number of hydrogen-bond donors (Lipinski definition) is 0. The number of non-ortho nitro benzene ring substituents is 1. The van der Waals surface area contributed by atoms with Gasteiger partial charge in [0.15, 0.2) is 0 Å². The van der Waals surface area contributed by atoms with Crippen LogP contribution in [-0.4, -0.2) is 48.7 Å². The van der Waals surface area contributed by atoms with Crippen molar-refractivity contribution in [2.45, 2.75) is 31.2 Å². The number of hydrogen-bond acceptors (Lipinski definition) is 5. The lowest BCUT2D eigenvalue weighted by Gasteiger charge is -2.34. The SMILES string of the molecule is CC(C)c1ccc([N+](=O)[O-])cc1S(=O)(=O)N1CCN(Cc2ccccc2)CC1. The molecule has 0 radical (unpaired) electrons. The number of sulfonamides is 1. The molecule has 2 aromatic carbocycles. The van der Waals surface area contributed by atoms with E-state index in [1.807, 2.05) is 32.0 Å². The number of piperazine rings is 1. The summed E-state index contributed by atoms with van der Waals surface area (Å²) in [5.41, 5.74) is 1.60. The average Bonchev–Trinajstić information content (AvgIpc) is 2.68. The van der Waals surface area contributed by atoms with E-state index >= 15 is 0 Å². The molecule has 150 valence electrons. The van der Waals surface area contributed by atoms with E-state index in [-0.39, 0.29) is 16.5 Å². The lowest BCUT2D eigenvalue weighted by atomic mass is 10.0. The molecule has 1 heterocycles. The van der Waals surface area contributed by atoms with Gasteiger partial charge in [-0.1, -0.05) is 50.2 Å². The van der Waals surface area contributed by atoms with E-state index in [0.717, 1.165) is 6.54 Å². The van der Waals surface area contributed by atoms with Crippen molar-refractivity contribution >= 4 is 15.7 Å². The standard InChI is InChI=1S/C20H25N3O4S/c1-16(2)19-9-8-18(23(24)25)14-20(19)28(26,27)22-12-10-21(11-13-22)15-17-6-4-3-5-7-17/h3-9,14,16H,10-13,15H2,1-2H3. The van der Waals surface area contributed by atoms with Gasteiger partial charge >= 0.3 is 0 Å². The van der Waals surface area contributed by atoms with Crippen LogP contribution in [0, 0.1) is 10.1 Å². The summed E-state index contributed by atoms with van der Waals surface area (Å²) in [5.74, 6) is -0.0510. The van der Waals surface area contributed by atoms with Crippen molar-refractivity contribution in [2.24, 2.45) is 0 Å². The van der Waals surface area contributed by atoms with E-state index in [4.69, 9.17) is 0 Å². The van der Waals surface area contributed by atoms with E-state index in [1.54, 1.807) is 6.07 Å². The number of benzene rings is 2. The van der Waals surface area contributed by atoms with Crippen LogP contribution >= 0.6 is 0 Å². The highest BCUT2D eigenvalue weighted by atomic mass is 32.2. The first-order chi connectivity index (χ1) is 13.3. The molecule has 1 aliphatic rings. The van der Waals surface area contributed by atoms with Gasteiger partial charge in [0, 0.05) is 44.9 Å². The molecule has 3 rings (SSSR count). The Balaban J connectivity index is 1.79. The molecular formula is C20H25N3O4S. The smallest absolute Gasteiger partial charge is 0.270 e. The summed E-state index contributed by atoms with van der Waals surface area (Å²) >= 11 is 0. The molecule has 0 spiro atoms. The third-order valence-corrected chi connectivity index (χ3v) is 6.98. The van der Waals surface area contributed by atoms with Crippen LogP contribution in [0.15, 0.2) is 53.4 Å². The second kappa shape index (κ2) is 8.38. The zero-order chi connectivity index (χ0) is 20.3. The topological polar surface area (TPSA) is 83.8 Å². The molecule has 1 fully saturated rings. The number of rotatable bonds is 6. The van der Waals surface area contributed by atoms with Crippen LogP contribution in [0.25, 0.3) is 0 Å². The Kier molecular flexibility index (Phi) is 6.12. The first-order valence-electron chi connectivity index (χ1n) is 9.34. The van der Waals surface area contributed by atoms with Gasteiger partial charge in [-0.25, -0.2) is 8.42 Å². The van der Waals surface area contributed by atoms with Crippen LogP contribution in [-0.2, 0) is 16.6 Å². The Morgan fingerprint density at radius 2 is 1.68 bits per heavy atom. The first kappa shape index (κ1) is 20.4. The van der Waals surface area contributed by atoms with Gasteiger partial charge in [0.05, 0.1) is 9.82 Å². The zero-order valence-corrected chi connectivity index (χ0v) is 16.9. The maximum atomic E-state index is 13.2. The highest BCUT2D eigenvalue weighted by Gasteiger charge is 2.32. The number of nitro benzene ring substituents is 1. The molecule has 0 aromatic heterocycles. The Morgan fingerprint density at radius 1 is 1.04 bits per heavy atom. The minimum absolute atomic E-state index is 0.0493. The fourth-order valence-electron chi connectivity index (χ4n) is 3.45. The summed E-state index contributed by atoms with van der Waals surface area (Å²) in [6.07, 6.45) is 0. The van der Waals surface area contributed by atoms with Gasteiger partial charge in [0.2, 0.25) is 10.0 Å². The Morgan fingerprint density at radius 3 is 2.25 bits per heavy atom. The Bertz CT molecular complexity index is 937. The van der Waals surface area contributed by atoms with Crippen LogP contribution in [0.3, 0.4) is 0 Å². The summed E-state index contributed by atoms with van der Waals surface area (Å²) < 4.78 is 27.9. The van der Waals surface area contributed by atoms with Crippen LogP contribution < -0.4 is 0 Å². The monoisotopic (exact) mass is 403 g/mol. The van der Waals surface area contributed by atoms with Crippen molar-refractivity contribution in [3.8, 4) is 0 Å². The molecule has 1 saturated heterocycles. The summed E-state index contributed by atoms with van der Waals surface area (Å²) in [6.45, 7) is 6.55. The van der Waals surface area contributed by atoms with Crippen molar-refractivity contribution in [3.05, 3.63) is 69.8 Å². The maximum absolute atomic E-state index is 13.2. The van der Waals surface area contributed by atoms with E-state index in [9.17, 15) is 18.5 Å². The van der Waals surface area contributed by atoms with E-state index in [0.29, 0.717) is 31.7 Å². The van der Waals surface area contributed by atoms with E-state index in [2.05, 4.69) is 17.0 Å². The number of nitrogens with zero attached hydrogens (tertiary/aromatic N) is 3. The molecule has 0 aliphatic carbocycles. The molecule has 0 unspecified atom stereocenters. The fourth-order valence-corrected chi connectivity index (χ4v) is 5.24. The van der Waals surface area contributed by atoms with Crippen molar-refractivity contribution in [1.29, 1.82) is 0 Å². The van der Waals surface area contributed by atoms with Gasteiger partial charge in [-0.2, -0.15) is 4.31 Å². The Labute approximate surface area is 165 Å². The van der Waals surface area contributed by atoms with E-state index < -0.39 is 14.9 Å². The molecule has 28 heavy (non-hydrogen) atoms. The van der Waals surface area contributed by atoms with Crippen molar-refractivity contribution in [1.82, 2.24) is 9.21 Å². The summed E-state index contributed by atoms with van der Waals surface area (Å²) in [6, 6.07) is 14.2. The van der Waals surface area contributed by atoms with Gasteiger partial charge in [0.25, 0.3) is 5.69 Å². The molecule has 0 amide bonds. The molecule has 0 atom stereocenters. The van der Waals surface area contributed by atoms with Crippen molar-refractivity contribution in [3.63, 3.8) is 0 Å². The second-order valence-corrected chi connectivity index (χ2v) is 9.21. The summed E-state index contributed by atoms with van der Waals surface area (Å²) in [4.78, 5) is 12.9. The second-order valence-electron chi connectivity index (χ2n) is 7.30. The van der Waals surface area contributed by atoms with Gasteiger partial charge in [0.1, 0.15) is 0 Å². The molecular weight excluding hydrogens is 378 g/mol. The van der Waals surface area contributed by atoms with Crippen LogP contribution in [0.2, 0.25) is 0 Å². The maximum Gasteiger partial charge on any atom is 0.270 e. The van der Waals surface area contributed by atoms with Crippen molar-refractivity contribution in [2.75, 3.05) is 26.2 Å². The van der Waals surface area contributed by atoms with Crippen LogP contribution in [0.4, 0.5) is 5.69 Å². The molecule has 2 aromatic rings. The third kappa shape index (κ3) is 4.40. The van der Waals surface area contributed by atoms with Gasteiger partial charge < -0.3 is 0 Å². The normalized spacial score (nSPS) is 16.4. The van der Waals surface area contributed by atoms with Crippen molar-refractivity contribution < 1.29 is 13.3 Å². The summed E-state index contributed by atoms with van der Waals surface area (Å²) in [5, 5.41) is 11.1. The van der Waals surface area contributed by atoms with Gasteiger partial charge in [-0.15, -0.1) is 0 Å².